The second-order valence-electron chi connectivity index (χ2n) is 5.57. The van der Waals surface area contributed by atoms with Crippen molar-refractivity contribution in [1.29, 1.82) is 0 Å². The summed E-state index contributed by atoms with van der Waals surface area (Å²) in [6.45, 7) is 5.11. The first kappa shape index (κ1) is 15.7. The van der Waals surface area contributed by atoms with Crippen molar-refractivity contribution in [2.75, 3.05) is 20.2 Å². The van der Waals surface area contributed by atoms with Crippen LogP contribution >= 0.6 is 11.3 Å². The molecule has 23 heavy (non-hydrogen) atoms. The molecule has 0 unspecified atom stereocenters. The molecule has 0 radical (unpaired) electrons. The Kier molecular flexibility index (Phi) is 4.76. The third kappa shape index (κ3) is 3.29. The predicted molar refractivity (Wildman–Crippen MR) is 92.9 cm³/mol. The Hall–Kier alpha value is -2.14. The number of para-hydroxylation sites is 1. The molecule has 5 heteroatoms. The number of nitrogens with zero attached hydrogens (tertiary/aromatic N) is 2. The molecular formula is C18H20N2O2S. The summed E-state index contributed by atoms with van der Waals surface area (Å²) in [5, 5.41) is 3.24. The lowest BCUT2D eigenvalue weighted by atomic mass is 9.97. The van der Waals surface area contributed by atoms with Gasteiger partial charge >= 0.3 is 0 Å². The minimum atomic E-state index is 0.0253. The minimum absolute atomic E-state index is 0.0253. The Labute approximate surface area is 140 Å². The summed E-state index contributed by atoms with van der Waals surface area (Å²) in [6, 6.07) is 7.94. The van der Waals surface area contributed by atoms with Crippen LogP contribution in [0.3, 0.4) is 0 Å². The summed E-state index contributed by atoms with van der Waals surface area (Å²) < 4.78 is 5.42. The number of ether oxygens (including phenoxy) is 1. The van der Waals surface area contributed by atoms with Crippen LogP contribution in [0.2, 0.25) is 0 Å². The van der Waals surface area contributed by atoms with Crippen LogP contribution in [0.15, 0.2) is 42.3 Å². The largest absolute Gasteiger partial charge is 0.496 e. The summed E-state index contributed by atoms with van der Waals surface area (Å²) in [6.07, 6.45) is 3.31. The van der Waals surface area contributed by atoms with E-state index in [2.05, 4.69) is 12.0 Å². The number of rotatable bonds is 4. The summed E-state index contributed by atoms with van der Waals surface area (Å²) in [7, 11) is 1.68. The van der Waals surface area contributed by atoms with E-state index in [4.69, 9.17) is 9.72 Å². The van der Waals surface area contributed by atoms with Gasteiger partial charge in [-0.2, -0.15) is 0 Å². The number of hydrogen-bond acceptors (Lipinski definition) is 4. The molecule has 0 spiro atoms. The van der Waals surface area contributed by atoms with Gasteiger partial charge in [0, 0.05) is 30.0 Å². The summed E-state index contributed by atoms with van der Waals surface area (Å²) in [4.78, 5) is 18.3. The SMILES string of the molecule is C=CC(=O)N1CCC(c2nc(-c3ccccc3OC)cs2)CC1. The van der Waals surface area contributed by atoms with Gasteiger partial charge in [-0.3, -0.25) is 4.79 Å². The molecule has 1 aliphatic heterocycles. The number of likely N-dealkylation sites (tertiary alicyclic amines) is 1. The molecule has 0 saturated carbocycles. The fraction of sp³-hybridized carbons (Fsp3) is 0.333. The molecule has 1 saturated heterocycles. The number of carbonyl (C=O) groups is 1. The van der Waals surface area contributed by atoms with Gasteiger partial charge in [0.25, 0.3) is 0 Å². The monoisotopic (exact) mass is 328 g/mol. The van der Waals surface area contributed by atoms with E-state index >= 15 is 0 Å². The lowest BCUT2D eigenvalue weighted by Crippen LogP contribution is -2.36. The first-order chi connectivity index (χ1) is 11.2. The Bertz CT molecular complexity index is 703. The molecule has 2 aromatic rings. The maximum absolute atomic E-state index is 11.7. The van der Waals surface area contributed by atoms with Gasteiger partial charge in [-0.1, -0.05) is 18.7 Å². The van der Waals surface area contributed by atoms with E-state index in [1.807, 2.05) is 29.2 Å². The van der Waals surface area contributed by atoms with Gasteiger partial charge in [0.2, 0.25) is 5.91 Å². The number of carbonyl (C=O) groups excluding carboxylic acids is 1. The molecule has 1 aromatic heterocycles. The Morgan fingerprint density at radius 2 is 2.13 bits per heavy atom. The number of benzene rings is 1. The zero-order valence-corrected chi connectivity index (χ0v) is 14.0. The van der Waals surface area contributed by atoms with Gasteiger partial charge in [0.1, 0.15) is 5.75 Å². The molecule has 1 aromatic carbocycles. The zero-order chi connectivity index (χ0) is 16.2. The van der Waals surface area contributed by atoms with Crippen LogP contribution in [-0.2, 0) is 4.79 Å². The van der Waals surface area contributed by atoms with Crippen molar-refractivity contribution >= 4 is 17.2 Å². The average molecular weight is 328 g/mol. The van der Waals surface area contributed by atoms with Gasteiger partial charge in [0.05, 0.1) is 17.8 Å². The van der Waals surface area contributed by atoms with Crippen molar-refractivity contribution in [1.82, 2.24) is 9.88 Å². The van der Waals surface area contributed by atoms with Crippen molar-refractivity contribution in [3.63, 3.8) is 0 Å². The van der Waals surface area contributed by atoms with Crippen molar-refractivity contribution in [3.8, 4) is 17.0 Å². The van der Waals surface area contributed by atoms with Crippen LogP contribution < -0.4 is 4.74 Å². The van der Waals surface area contributed by atoms with E-state index in [9.17, 15) is 4.79 Å². The van der Waals surface area contributed by atoms with E-state index in [1.165, 1.54) is 6.08 Å². The standard InChI is InChI=1S/C18H20N2O2S/c1-3-17(21)20-10-8-13(9-11-20)18-19-15(12-23-18)14-6-4-5-7-16(14)22-2/h3-7,12-13H,1,8-11H2,2H3. The predicted octanol–water partition coefficient (Wildman–Crippen LogP) is 3.71. The van der Waals surface area contributed by atoms with E-state index in [0.29, 0.717) is 5.92 Å². The smallest absolute Gasteiger partial charge is 0.245 e. The highest BCUT2D eigenvalue weighted by Crippen LogP contribution is 2.35. The molecule has 1 aliphatic rings. The molecule has 1 amide bonds. The van der Waals surface area contributed by atoms with Gasteiger partial charge < -0.3 is 9.64 Å². The van der Waals surface area contributed by atoms with Gasteiger partial charge in [-0.25, -0.2) is 4.98 Å². The molecule has 0 aliphatic carbocycles. The highest BCUT2D eigenvalue weighted by atomic mass is 32.1. The Morgan fingerprint density at radius 1 is 1.39 bits per heavy atom. The van der Waals surface area contributed by atoms with Crippen molar-refractivity contribution in [3.05, 3.63) is 47.3 Å². The van der Waals surface area contributed by atoms with Crippen molar-refractivity contribution in [2.45, 2.75) is 18.8 Å². The normalized spacial score (nSPS) is 15.4. The molecule has 2 heterocycles. The third-order valence-electron chi connectivity index (χ3n) is 4.24. The van der Waals surface area contributed by atoms with Crippen LogP contribution in [0.5, 0.6) is 5.75 Å². The fourth-order valence-electron chi connectivity index (χ4n) is 2.93. The zero-order valence-electron chi connectivity index (χ0n) is 13.2. The second kappa shape index (κ2) is 6.96. The lowest BCUT2D eigenvalue weighted by Gasteiger charge is -2.30. The number of piperidine rings is 1. The average Bonchev–Trinajstić information content (AvgIpc) is 3.11. The van der Waals surface area contributed by atoms with Gasteiger partial charge in [0.15, 0.2) is 0 Å². The van der Waals surface area contributed by atoms with E-state index in [0.717, 1.165) is 47.9 Å². The van der Waals surface area contributed by atoms with Crippen molar-refractivity contribution < 1.29 is 9.53 Å². The molecule has 120 valence electrons. The molecule has 4 nitrogen and oxygen atoms in total. The maximum atomic E-state index is 11.7. The third-order valence-corrected chi connectivity index (χ3v) is 5.24. The summed E-state index contributed by atoms with van der Waals surface area (Å²) in [5.74, 6) is 1.30. The van der Waals surface area contributed by atoms with Crippen molar-refractivity contribution in [2.24, 2.45) is 0 Å². The van der Waals surface area contributed by atoms with Crippen LogP contribution in [0.4, 0.5) is 0 Å². The Morgan fingerprint density at radius 3 is 2.83 bits per heavy atom. The van der Waals surface area contributed by atoms with Crippen LogP contribution in [0.1, 0.15) is 23.8 Å². The second-order valence-corrected chi connectivity index (χ2v) is 6.46. The first-order valence-corrected chi connectivity index (χ1v) is 8.61. The molecule has 1 fully saturated rings. The van der Waals surface area contributed by atoms with Crippen LogP contribution in [0, 0.1) is 0 Å². The Balaban J connectivity index is 1.73. The number of methoxy groups -OCH3 is 1. The van der Waals surface area contributed by atoms with Crippen LogP contribution in [-0.4, -0.2) is 36.0 Å². The highest BCUT2D eigenvalue weighted by molar-refractivity contribution is 7.10. The molecule has 0 atom stereocenters. The molecule has 0 N–H and O–H groups in total. The minimum Gasteiger partial charge on any atom is -0.496 e. The van der Waals surface area contributed by atoms with Crippen LogP contribution in [0.25, 0.3) is 11.3 Å². The molecule has 0 bridgehead atoms. The summed E-state index contributed by atoms with van der Waals surface area (Å²) >= 11 is 1.70. The van der Waals surface area contributed by atoms with E-state index in [1.54, 1.807) is 18.4 Å². The fourth-order valence-corrected chi connectivity index (χ4v) is 3.92. The lowest BCUT2D eigenvalue weighted by molar-refractivity contribution is -0.127. The first-order valence-electron chi connectivity index (χ1n) is 7.73. The molecular weight excluding hydrogens is 308 g/mol. The number of aromatic nitrogens is 1. The summed E-state index contributed by atoms with van der Waals surface area (Å²) in [5.41, 5.74) is 1.99. The highest BCUT2D eigenvalue weighted by Gasteiger charge is 2.25. The maximum Gasteiger partial charge on any atom is 0.245 e. The number of thiazole rings is 1. The number of amides is 1. The molecule has 3 rings (SSSR count). The number of hydrogen-bond donors (Lipinski definition) is 0. The van der Waals surface area contributed by atoms with Gasteiger partial charge in [-0.05, 0) is 31.1 Å². The quantitative estimate of drug-likeness (QED) is 0.804. The topological polar surface area (TPSA) is 42.4 Å². The van der Waals surface area contributed by atoms with E-state index < -0.39 is 0 Å². The van der Waals surface area contributed by atoms with Gasteiger partial charge in [-0.15, -0.1) is 11.3 Å². The van der Waals surface area contributed by atoms with E-state index in [-0.39, 0.29) is 5.91 Å².